The number of ether oxygens (including phenoxy) is 1. The van der Waals surface area contributed by atoms with Crippen molar-refractivity contribution in [2.45, 2.75) is 30.3 Å². The van der Waals surface area contributed by atoms with Crippen molar-refractivity contribution in [3.63, 3.8) is 0 Å². The molecule has 0 unspecified atom stereocenters. The van der Waals surface area contributed by atoms with Gasteiger partial charge in [0.1, 0.15) is 0 Å². The van der Waals surface area contributed by atoms with Crippen molar-refractivity contribution in [2.75, 3.05) is 19.8 Å². The van der Waals surface area contributed by atoms with Crippen LogP contribution in [-0.4, -0.2) is 30.2 Å². The lowest BCUT2D eigenvalue weighted by Crippen LogP contribution is -2.17. The molecule has 0 spiro atoms. The van der Waals surface area contributed by atoms with Crippen molar-refractivity contribution in [1.29, 1.82) is 0 Å². The lowest BCUT2D eigenvalue weighted by Gasteiger charge is -2.21. The van der Waals surface area contributed by atoms with E-state index in [1.807, 2.05) is 11.8 Å². The smallest absolute Gasteiger partial charge is 0.0540 e. The Balaban J connectivity index is 1.85. The van der Waals surface area contributed by atoms with E-state index < -0.39 is 0 Å². The molecule has 1 saturated heterocycles. The van der Waals surface area contributed by atoms with Crippen molar-refractivity contribution in [3.8, 4) is 11.8 Å². The Morgan fingerprint density at radius 1 is 1.44 bits per heavy atom. The van der Waals surface area contributed by atoms with E-state index in [1.165, 1.54) is 17.7 Å². The molecule has 0 amide bonds. The molecule has 1 aromatic heterocycles. The Labute approximate surface area is 117 Å². The number of thioether (sulfide) groups is 1. The highest BCUT2D eigenvalue weighted by Gasteiger charge is 2.14. The normalized spacial score (nSPS) is 16.3. The second-order valence-corrected chi connectivity index (χ2v) is 6.44. The Bertz CT molecular complexity index is 411. The number of aliphatic hydroxyl groups is 1. The van der Waals surface area contributed by atoms with E-state index in [0.29, 0.717) is 6.42 Å². The van der Waals surface area contributed by atoms with Crippen molar-refractivity contribution in [1.82, 2.24) is 0 Å². The van der Waals surface area contributed by atoms with E-state index in [2.05, 4.69) is 23.3 Å². The third-order valence-electron chi connectivity index (χ3n) is 2.82. The molecule has 0 atom stereocenters. The highest BCUT2D eigenvalue weighted by molar-refractivity contribution is 7.99. The van der Waals surface area contributed by atoms with E-state index in [-0.39, 0.29) is 6.61 Å². The van der Waals surface area contributed by atoms with Crippen LogP contribution in [-0.2, 0) is 10.5 Å². The van der Waals surface area contributed by atoms with Gasteiger partial charge in [0, 0.05) is 41.1 Å². The fourth-order valence-electron chi connectivity index (χ4n) is 1.81. The average Bonchev–Trinajstić information content (AvgIpc) is 2.86. The SMILES string of the molecule is OCCC#Cc1ccsc1CSC1CCOCC1. The van der Waals surface area contributed by atoms with Gasteiger partial charge in [-0.2, -0.15) is 11.8 Å². The molecule has 1 aliphatic rings. The van der Waals surface area contributed by atoms with Crippen LogP contribution < -0.4 is 0 Å². The van der Waals surface area contributed by atoms with E-state index in [4.69, 9.17) is 9.84 Å². The van der Waals surface area contributed by atoms with Crippen molar-refractivity contribution in [3.05, 3.63) is 21.9 Å². The van der Waals surface area contributed by atoms with Crippen LogP contribution in [0.1, 0.15) is 29.7 Å². The van der Waals surface area contributed by atoms with Crippen LogP contribution in [0.5, 0.6) is 0 Å². The first-order chi connectivity index (χ1) is 8.90. The first-order valence-corrected chi connectivity index (χ1v) is 8.18. The zero-order chi connectivity index (χ0) is 12.6. The maximum atomic E-state index is 8.72. The lowest BCUT2D eigenvalue weighted by molar-refractivity contribution is 0.1000. The largest absolute Gasteiger partial charge is 0.395 e. The van der Waals surface area contributed by atoms with Crippen LogP contribution in [0.15, 0.2) is 11.4 Å². The van der Waals surface area contributed by atoms with Crippen LogP contribution in [0.3, 0.4) is 0 Å². The summed E-state index contributed by atoms with van der Waals surface area (Å²) in [6.45, 7) is 1.96. The predicted molar refractivity (Wildman–Crippen MR) is 78.0 cm³/mol. The van der Waals surface area contributed by atoms with Gasteiger partial charge < -0.3 is 9.84 Å². The minimum Gasteiger partial charge on any atom is -0.395 e. The molecule has 2 heterocycles. The summed E-state index contributed by atoms with van der Waals surface area (Å²) in [5.41, 5.74) is 1.13. The van der Waals surface area contributed by atoms with Gasteiger partial charge in [0.25, 0.3) is 0 Å². The van der Waals surface area contributed by atoms with Crippen LogP contribution in [0, 0.1) is 11.8 Å². The summed E-state index contributed by atoms with van der Waals surface area (Å²) in [5, 5.41) is 11.6. The molecule has 0 radical (unpaired) electrons. The maximum absolute atomic E-state index is 8.72. The van der Waals surface area contributed by atoms with Crippen LogP contribution >= 0.6 is 23.1 Å². The summed E-state index contributed by atoms with van der Waals surface area (Å²) in [5.74, 6) is 7.18. The molecule has 1 fully saturated rings. The number of rotatable bonds is 4. The van der Waals surface area contributed by atoms with Crippen LogP contribution in [0.25, 0.3) is 0 Å². The maximum Gasteiger partial charge on any atom is 0.0540 e. The molecule has 1 N–H and O–H groups in total. The van der Waals surface area contributed by atoms with Gasteiger partial charge in [-0.15, -0.1) is 11.3 Å². The molecule has 0 saturated carbocycles. The van der Waals surface area contributed by atoms with Gasteiger partial charge >= 0.3 is 0 Å². The Morgan fingerprint density at radius 2 is 2.28 bits per heavy atom. The molecular weight excluding hydrogens is 264 g/mol. The summed E-state index contributed by atoms with van der Waals surface area (Å²) in [4.78, 5) is 1.36. The zero-order valence-corrected chi connectivity index (χ0v) is 12.0. The topological polar surface area (TPSA) is 29.5 Å². The molecular formula is C14H18O2S2. The summed E-state index contributed by atoms with van der Waals surface area (Å²) in [7, 11) is 0. The Morgan fingerprint density at radius 3 is 3.06 bits per heavy atom. The molecule has 2 nitrogen and oxygen atoms in total. The van der Waals surface area contributed by atoms with Gasteiger partial charge in [-0.25, -0.2) is 0 Å². The monoisotopic (exact) mass is 282 g/mol. The van der Waals surface area contributed by atoms with Gasteiger partial charge in [0.05, 0.1) is 6.61 Å². The van der Waals surface area contributed by atoms with Crippen LogP contribution in [0.2, 0.25) is 0 Å². The third-order valence-corrected chi connectivity index (χ3v) is 5.33. The van der Waals surface area contributed by atoms with Gasteiger partial charge in [-0.1, -0.05) is 11.8 Å². The number of hydrogen-bond donors (Lipinski definition) is 1. The van der Waals surface area contributed by atoms with E-state index in [9.17, 15) is 0 Å². The molecule has 1 aliphatic heterocycles. The molecule has 0 bridgehead atoms. The fourth-order valence-corrected chi connectivity index (χ4v) is 3.97. The van der Waals surface area contributed by atoms with Crippen molar-refractivity contribution in [2.24, 2.45) is 0 Å². The molecule has 1 aromatic rings. The van der Waals surface area contributed by atoms with Gasteiger partial charge in [0.2, 0.25) is 0 Å². The first kappa shape index (κ1) is 14.0. The predicted octanol–water partition coefficient (Wildman–Crippen LogP) is 2.89. The van der Waals surface area contributed by atoms with E-state index >= 15 is 0 Å². The van der Waals surface area contributed by atoms with E-state index in [0.717, 1.165) is 29.8 Å². The Kier molecular flexibility index (Phi) is 6.09. The highest BCUT2D eigenvalue weighted by Crippen LogP contribution is 2.29. The molecule has 4 heteroatoms. The molecule has 18 heavy (non-hydrogen) atoms. The lowest BCUT2D eigenvalue weighted by atomic mass is 10.2. The number of thiophene rings is 1. The second-order valence-electron chi connectivity index (χ2n) is 4.16. The van der Waals surface area contributed by atoms with E-state index in [1.54, 1.807) is 11.3 Å². The standard InChI is InChI=1S/C14H18O2S2/c15-7-2-1-3-12-6-10-17-14(12)11-18-13-4-8-16-9-5-13/h6,10,13,15H,2,4-5,7-9,11H2. The van der Waals surface area contributed by atoms with Gasteiger partial charge in [0.15, 0.2) is 0 Å². The van der Waals surface area contributed by atoms with Gasteiger partial charge in [-0.05, 0) is 24.3 Å². The minimum atomic E-state index is 0.142. The fraction of sp³-hybridized carbons (Fsp3) is 0.571. The minimum absolute atomic E-state index is 0.142. The summed E-state index contributed by atoms with van der Waals surface area (Å²) >= 11 is 3.80. The molecule has 0 aliphatic carbocycles. The molecule has 0 aromatic carbocycles. The summed E-state index contributed by atoms with van der Waals surface area (Å²) in [6, 6.07) is 2.08. The van der Waals surface area contributed by atoms with Crippen molar-refractivity contribution < 1.29 is 9.84 Å². The first-order valence-electron chi connectivity index (χ1n) is 6.25. The Hall–Kier alpha value is -0.470. The number of hydrogen-bond acceptors (Lipinski definition) is 4. The number of aliphatic hydroxyl groups excluding tert-OH is 1. The molecule has 98 valence electrons. The third kappa shape index (κ3) is 4.33. The molecule has 2 rings (SSSR count). The zero-order valence-electron chi connectivity index (χ0n) is 10.4. The second kappa shape index (κ2) is 7.85. The average molecular weight is 282 g/mol. The van der Waals surface area contributed by atoms with Crippen LogP contribution in [0.4, 0.5) is 0 Å². The summed E-state index contributed by atoms with van der Waals surface area (Å²) < 4.78 is 5.37. The summed E-state index contributed by atoms with van der Waals surface area (Å²) in [6.07, 6.45) is 2.89. The quantitative estimate of drug-likeness (QED) is 0.861. The van der Waals surface area contributed by atoms with Crippen molar-refractivity contribution >= 4 is 23.1 Å². The highest BCUT2D eigenvalue weighted by atomic mass is 32.2. The van der Waals surface area contributed by atoms with Gasteiger partial charge in [-0.3, -0.25) is 0 Å².